The lowest BCUT2D eigenvalue weighted by atomic mass is 10.0. The molecule has 0 spiro atoms. The van der Waals surface area contributed by atoms with Crippen molar-refractivity contribution in [3.63, 3.8) is 0 Å². The predicted octanol–water partition coefficient (Wildman–Crippen LogP) is -0.354. The minimum Gasteiger partial charge on any atom is -0.595 e. The molecule has 4 N–H and O–H groups in total. The molecule has 142 valence electrons. The lowest BCUT2D eigenvalue weighted by Crippen LogP contribution is -3.01. The highest BCUT2D eigenvalue weighted by molar-refractivity contribution is 5.90. The fraction of sp³-hybridized carbons (Fsp3) is 0.250. The zero-order valence-electron chi connectivity index (χ0n) is 14.2. The molecule has 0 bridgehead atoms. The van der Waals surface area contributed by atoms with Crippen LogP contribution in [-0.4, -0.2) is 35.6 Å². The van der Waals surface area contributed by atoms with Gasteiger partial charge in [0.1, 0.15) is 0 Å². The molecule has 10 heteroatoms. The van der Waals surface area contributed by atoms with Gasteiger partial charge in [0, 0.05) is 23.3 Å². The molecule has 0 aliphatic rings. The lowest BCUT2D eigenvalue weighted by molar-refractivity contribution is -0.996. The van der Waals surface area contributed by atoms with Crippen LogP contribution in [0.25, 0.3) is 12.2 Å². The molecule has 0 aliphatic heterocycles. The van der Waals surface area contributed by atoms with E-state index in [2.05, 4.69) is 0 Å². The first-order valence-corrected chi connectivity index (χ1v) is 7.64. The first-order chi connectivity index (χ1) is 12.3. The van der Waals surface area contributed by atoms with Gasteiger partial charge in [0.2, 0.25) is 0 Å². The van der Waals surface area contributed by atoms with Crippen LogP contribution >= 0.6 is 0 Å². The van der Waals surface area contributed by atoms with Gasteiger partial charge in [-0.2, -0.15) is 10.5 Å². The smallest absolute Gasteiger partial charge is 0.330 e. The van der Waals surface area contributed by atoms with E-state index in [9.17, 15) is 30.4 Å². The molecule has 0 aliphatic carbocycles. The van der Waals surface area contributed by atoms with Crippen LogP contribution in [0.4, 0.5) is 11.4 Å². The summed E-state index contributed by atoms with van der Waals surface area (Å²) in [5.74, 6) is -1.34. The molecule has 0 radical (unpaired) electrons. The average molecular weight is 368 g/mol. The normalized spacial score (nSPS) is 13.8. The zero-order chi connectivity index (χ0) is 19.7. The molecule has 1 aromatic rings. The number of benzene rings is 1. The fourth-order valence-corrected chi connectivity index (χ4v) is 1.98. The van der Waals surface area contributed by atoms with Crippen LogP contribution in [-0.2, 0) is 19.1 Å². The van der Waals surface area contributed by atoms with E-state index >= 15 is 0 Å². The molecule has 0 saturated carbocycles. The highest BCUT2D eigenvalue weighted by atomic mass is 16.8. The predicted molar refractivity (Wildman–Crippen MR) is 89.3 cm³/mol. The number of hydrogen-bond donors (Lipinski definition) is 4. The minimum atomic E-state index is -1.36. The van der Waals surface area contributed by atoms with Gasteiger partial charge in [-0.1, -0.05) is 0 Å². The largest absolute Gasteiger partial charge is 0.595 e. The molecule has 2 unspecified atom stereocenters. The van der Waals surface area contributed by atoms with E-state index in [0.29, 0.717) is 0 Å². The second kappa shape index (κ2) is 10.4. The van der Waals surface area contributed by atoms with Gasteiger partial charge in [-0.15, -0.1) is 0 Å². The Balaban J connectivity index is 3.36. The van der Waals surface area contributed by atoms with Crippen molar-refractivity contribution in [3.8, 4) is 0 Å². The number of rotatable bonds is 8. The third-order valence-electron chi connectivity index (χ3n) is 3.05. The van der Waals surface area contributed by atoms with E-state index in [-0.39, 0.29) is 35.7 Å². The van der Waals surface area contributed by atoms with Crippen LogP contribution in [0.5, 0.6) is 0 Å². The summed E-state index contributed by atoms with van der Waals surface area (Å²) in [6, 6.07) is 2.21. The monoisotopic (exact) mass is 368 g/mol. The molecular weight excluding hydrogens is 348 g/mol. The van der Waals surface area contributed by atoms with Gasteiger partial charge >= 0.3 is 11.9 Å². The van der Waals surface area contributed by atoms with Crippen molar-refractivity contribution >= 4 is 35.5 Å². The van der Waals surface area contributed by atoms with Crippen molar-refractivity contribution in [2.24, 2.45) is 0 Å². The maximum atomic E-state index is 11.4. The maximum Gasteiger partial charge on any atom is 0.330 e. The van der Waals surface area contributed by atoms with Crippen molar-refractivity contribution in [2.75, 3.05) is 13.2 Å². The molecule has 0 aromatic heterocycles. The number of nitrogens with one attached hydrogen (secondary N) is 2. The van der Waals surface area contributed by atoms with Gasteiger partial charge in [0.15, 0.2) is 11.4 Å². The highest BCUT2D eigenvalue weighted by Gasteiger charge is 2.17. The standard InChI is InChI=1S/C16H20N2O8/c1-3-25-15(19)7-5-11-9-12(6-8-16(20)26-4-2)14(18(23)24)10-13(11)17(21)22/h5-10,17-18,21,23H,3-4H2,1-2H3. The van der Waals surface area contributed by atoms with Crippen LogP contribution in [0.15, 0.2) is 24.3 Å². The van der Waals surface area contributed by atoms with E-state index in [4.69, 9.17) is 9.47 Å². The summed E-state index contributed by atoms with van der Waals surface area (Å²) in [5.41, 5.74) is -0.453. The quantitative estimate of drug-likeness (QED) is 0.276. The van der Waals surface area contributed by atoms with Gasteiger partial charge in [-0.25, -0.2) is 20.0 Å². The average Bonchev–Trinajstić information content (AvgIpc) is 2.57. The molecule has 0 amide bonds. The molecular formula is C16H20N2O8. The molecule has 1 rings (SSSR count). The van der Waals surface area contributed by atoms with Gasteiger partial charge in [0.25, 0.3) is 0 Å². The Morgan fingerprint density at radius 2 is 1.31 bits per heavy atom. The third-order valence-corrected chi connectivity index (χ3v) is 3.05. The second-order valence-electron chi connectivity index (χ2n) is 4.81. The van der Waals surface area contributed by atoms with E-state index in [1.165, 1.54) is 18.2 Å². The molecule has 10 nitrogen and oxygen atoms in total. The Bertz CT molecular complexity index is 642. The Morgan fingerprint density at radius 3 is 1.62 bits per heavy atom. The summed E-state index contributed by atoms with van der Waals surface area (Å²) in [4.78, 5) is 22.8. The van der Waals surface area contributed by atoms with Crippen LogP contribution in [0.1, 0.15) is 25.0 Å². The Kier molecular flexibility index (Phi) is 8.58. The van der Waals surface area contributed by atoms with Crippen molar-refractivity contribution in [2.45, 2.75) is 13.8 Å². The Hall–Kier alpha value is -2.60. The SMILES string of the molecule is CCOC(=O)C=Cc1cc(C=CC(=O)OCC)c([NH+]([O-])O)cc1[NH+]([O-])O. The summed E-state index contributed by atoms with van der Waals surface area (Å²) in [7, 11) is 0. The lowest BCUT2D eigenvalue weighted by Gasteiger charge is -2.19. The zero-order valence-corrected chi connectivity index (χ0v) is 14.2. The summed E-state index contributed by atoms with van der Waals surface area (Å²) in [5, 5.41) is 38.6. The number of carbonyl (C=O) groups excluding carboxylic acids is 2. The summed E-state index contributed by atoms with van der Waals surface area (Å²) < 4.78 is 9.44. The van der Waals surface area contributed by atoms with E-state index in [1.54, 1.807) is 13.8 Å². The van der Waals surface area contributed by atoms with Gasteiger partial charge in [-0.05, 0) is 32.1 Å². The van der Waals surface area contributed by atoms with E-state index in [0.717, 1.165) is 18.2 Å². The van der Waals surface area contributed by atoms with Gasteiger partial charge in [-0.3, -0.25) is 0 Å². The minimum absolute atomic E-state index is 0.0825. The summed E-state index contributed by atoms with van der Waals surface area (Å²) in [6.07, 6.45) is 4.47. The van der Waals surface area contributed by atoms with Gasteiger partial charge in [0.05, 0.1) is 19.3 Å². The second-order valence-corrected chi connectivity index (χ2v) is 4.81. The van der Waals surface area contributed by atoms with Crippen LogP contribution in [0.3, 0.4) is 0 Å². The molecule has 2 atom stereocenters. The van der Waals surface area contributed by atoms with Crippen molar-refractivity contribution in [3.05, 3.63) is 45.8 Å². The Morgan fingerprint density at radius 1 is 0.923 bits per heavy atom. The van der Waals surface area contributed by atoms with Crippen LogP contribution in [0, 0.1) is 10.4 Å². The van der Waals surface area contributed by atoms with E-state index in [1.807, 2.05) is 0 Å². The molecule has 0 saturated heterocycles. The number of ether oxygens (including phenoxy) is 2. The third kappa shape index (κ3) is 6.37. The number of quaternary nitrogens is 2. The molecule has 26 heavy (non-hydrogen) atoms. The van der Waals surface area contributed by atoms with Crippen molar-refractivity contribution in [1.29, 1.82) is 0 Å². The molecule has 1 aromatic carbocycles. The van der Waals surface area contributed by atoms with Crippen LogP contribution < -0.4 is 10.5 Å². The van der Waals surface area contributed by atoms with E-state index < -0.39 is 22.4 Å². The first-order valence-electron chi connectivity index (χ1n) is 7.64. The maximum absolute atomic E-state index is 11.4. The topological polar surface area (TPSA) is 148 Å². The summed E-state index contributed by atoms with van der Waals surface area (Å²) in [6.45, 7) is 3.55. The first kappa shape index (κ1) is 21.4. The highest BCUT2D eigenvalue weighted by Crippen LogP contribution is 2.23. The Labute approximate surface area is 149 Å². The van der Waals surface area contributed by atoms with Crippen molar-refractivity contribution < 1.29 is 39.9 Å². The molecule has 0 fully saturated rings. The van der Waals surface area contributed by atoms with Crippen molar-refractivity contribution in [1.82, 2.24) is 0 Å². The van der Waals surface area contributed by atoms with Gasteiger partial charge < -0.3 is 19.9 Å². The summed E-state index contributed by atoms with van der Waals surface area (Å²) >= 11 is 0. The molecule has 0 heterocycles. The number of esters is 2. The van der Waals surface area contributed by atoms with Crippen LogP contribution in [0.2, 0.25) is 0 Å². The number of carbonyl (C=O) groups is 2. The number of hydrogen-bond acceptors (Lipinski definition) is 8. The fourth-order valence-electron chi connectivity index (χ4n) is 1.98.